The molecule has 0 aromatic rings. The van der Waals surface area contributed by atoms with Gasteiger partial charge in [0, 0.05) is 13.1 Å². The van der Waals surface area contributed by atoms with Gasteiger partial charge in [0.2, 0.25) is 5.91 Å². The first-order valence-corrected chi connectivity index (χ1v) is 6.68. The molecule has 2 atom stereocenters. The van der Waals surface area contributed by atoms with Crippen molar-refractivity contribution in [2.75, 3.05) is 13.1 Å². The molecule has 1 heterocycles. The topological polar surface area (TPSA) is 83.6 Å². The summed E-state index contributed by atoms with van der Waals surface area (Å²) in [6.45, 7) is 5.82. The number of carbonyl (C=O) groups excluding carboxylic acids is 1. The highest BCUT2D eigenvalue weighted by Crippen LogP contribution is 2.24. The lowest BCUT2D eigenvalue weighted by Crippen LogP contribution is -2.45. The maximum Gasteiger partial charge on any atom is 0.305 e. The SMILES string of the molecule is CC(C)C1CCCN(C(=O)C(N)CC(=O)O)CC1. The van der Waals surface area contributed by atoms with E-state index in [1.165, 1.54) is 0 Å². The van der Waals surface area contributed by atoms with Crippen LogP contribution >= 0.6 is 0 Å². The van der Waals surface area contributed by atoms with E-state index in [2.05, 4.69) is 13.8 Å². The zero-order valence-corrected chi connectivity index (χ0v) is 11.3. The van der Waals surface area contributed by atoms with Crippen molar-refractivity contribution in [1.82, 2.24) is 4.90 Å². The lowest BCUT2D eigenvalue weighted by atomic mass is 9.89. The monoisotopic (exact) mass is 256 g/mol. The second kappa shape index (κ2) is 6.73. The van der Waals surface area contributed by atoms with Gasteiger partial charge in [-0.15, -0.1) is 0 Å². The molecule has 0 radical (unpaired) electrons. The van der Waals surface area contributed by atoms with Crippen molar-refractivity contribution in [3.05, 3.63) is 0 Å². The number of carbonyl (C=O) groups is 2. The van der Waals surface area contributed by atoms with Gasteiger partial charge in [-0.05, 0) is 31.1 Å². The number of aliphatic carboxylic acids is 1. The molecule has 0 saturated carbocycles. The smallest absolute Gasteiger partial charge is 0.305 e. The molecule has 5 nitrogen and oxygen atoms in total. The van der Waals surface area contributed by atoms with E-state index in [4.69, 9.17) is 10.8 Å². The molecular weight excluding hydrogens is 232 g/mol. The van der Waals surface area contributed by atoms with E-state index >= 15 is 0 Å². The fourth-order valence-electron chi connectivity index (χ4n) is 2.52. The Hall–Kier alpha value is -1.10. The number of carboxylic acid groups (broad SMARTS) is 1. The molecule has 0 aliphatic carbocycles. The van der Waals surface area contributed by atoms with E-state index in [-0.39, 0.29) is 12.3 Å². The van der Waals surface area contributed by atoms with Crippen LogP contribution in [0, 0.1) is 11.8 Å². The van der Waals surface area contributed by atoms with Gasteiger partial charge in [-0.2, -0.15) is 0 Å². The third-order valence-electron chi connectivity index (χ3n) is 3.74. The van der Waals surface area contributed by atoms with Gasteiger partial charge >= 0.3 is 5.97 Å². The van der Waals surface area contributed by atoms with Gasteiger partial charge in [-0.3, -0.25) is 9.59 Å². The van der Waals surface area contributed by atoms with Crippen LogP contribution in [0.2, 0.25) is 0 Å². The lowest BCUT2D eigenvalue weighted by Gasteiger charge is -2.24. The zero-order chi connectivity index (χ0) is 13.7. The van der Waals surface area contributed by atoms with Crippen LogP contribution in [0.15, 0.2) is 0 Å². The minimum absolute atomic E-state index is 0.221. The van der Waals surface area contributed by atoms with Crippen molar-refractivity contribution in [3.63, 3.8) is 0 Å². The van der Waals surface area contributed by atoms with Gasteiger partial charge in [0.15, 0.2) is 0 Å². The summed E-state index contributed by atoms with van der Waals surface area (Å²) in [5.41, 5.74) is 5.62. The predicted molar refractivity (Wildman–Crippen MR) is 69.0 cm³/mol. The molecule has 1 aliphatic rings. The fraction of sp³-hybridized carbons (Fsp3) is 0.846. The summed E-state index contributed by atoms with van der Waals surface area (Å²) < 4.78 is 0. The Morgan fingerprint density at radius 3 is 2.56 bits per heavy atom. The first-order valence-electron chi connectivity index (χ1n) is 6.68. The van der Waals surface area contributed by atoms with Crippen molar-refractivity contribution < 1.29 is 14.7 Å². The highest BCUT2D eigenvalue weighted by molar-refractivity contribution is 5.85. The average molecular weight is 256 g/mol. The zero-order valence-electron chi connectivity index (χ0n) is 11.3. The Balaban J connectivity index is 2.52. The number of hydrogen-bond acceptors (Lipinski definition) is 3. The van der Waals surface area contributed by atoms with Gasteiger partial charge in [-0.25, -0.2) is 0 Å². The van der Waals surface area contributed by atoms with E-state index < -0.39 is 12.0 Å². The largest absolute Gasteiger partial charge is 0.481 e. The number of hydrogen-bond donors (Lipinski definition) is 2. The number of nitrogens with two attached hydrogens (primary N) is 1. The van der Waals surface area contributed by atoms with E-state index in [9.17, 15) is 9.59 Å². The van der Waals surface area contributed by atoms with Gasteiger partial charge in [0.1, 0.15) is 0 Å². The highest BCUT2D eigenvalue weighted by atomic mass is 16.4. The molecule has 0 aromatic carbocycles. The average Bonchev–Trinajstić information content (AvgIpc) is 2.52. The second-order valence-electron chi connectivity index (χ2n) is 5.46. The van der Waals surface area contributed by atoms with Crippen LogP contribution in [0.3, 0.4) is 0 Å². The number of likely N-dealkylation sites (tertiary alicyclic amines) is 1. The van der Waals surface area contributed by atoms with E-state index in [0.717, 1.165) is 19.3 Å². The Bertz CT molecular complexity index is 305. The quantitative estimate of drug-likeness (QED) is 0.788. The van der Waals surface area contributed by atoms with Crippen LogP contribution < -0.4 is 5.73 Å². The minimum atomic E-state index is -1.02. The number of rotatable bonds is 4. The summed E-state index contributed by atoms with van der Waals surface area (Å²) in [4.78, 5) is 24.3. The third kappa shape index (κ3) is 4.29. The summed E-state index contributed by atoms with van der Waals surface area (Å²) in [5, 5.41) is 8.65. The minimum Gasteiger partial charge on any atom is -0.481 e. The summed E-state index contributed by atoms with van der Waals surface area (Å²) in [6.07, 6.45) is 2.82. The molecule has 1 aliphatic heterocycles. The Morgan fingerprint density at radius 1 is 1.33 bits per heavy atom. The summed E-state index contributed by atoms with van der Waals surface area (Å²) >= 11 is 0. The molecule has 0 aromatic heterocycles. The first kappa shape index (κ1) is 15.0. The Kier molecular flexibility index (Phi) is 5.59. The van der Waals surface area contributed by atoms with E-state index in [0.29, 0.717) is 24.9 Å². The summed E-state index contributed by atoms with van der Waals surface area (Å²) in [7, 11) is 0. The Labute approximate surface area is 108 Å². The van der Waals surface area contributed by atoms with Crippen molar-refractivity contribution in [2.24, 2.45) is 17.6 Å². The lowest BCUT2D eigenvalue weighted by molar-refractivity contribution is -0.142. The van der Waals surface area contributed by atoms with Crippen LogP contribution in [-0.4, -0.2) is 41.0 Å². The maximum absolute atomic E-state index is 12.0. The fourth-order valence-corrected chi connectivity index (χ4v) is 2.52. The number of nitrogens with zero attached hydrogens (tertiary/aromatic N) is 1. The molecule has 1 amide bonds. The molecule has 18 heavy (non-hydrogen) atoms. The van der Waals surface area contributed by atoms with Crippen LogP contribution in [0.4, 0.5) is 0 Å². The second-order valence-corrected chi connectivity index (χ2v) is 5.46. The molecule has 0 spiro atoms. The van der Waals surface area contributed by atoms with Crippen LogP contribution in [0.1, 0.15) is 39.5 Å². The summed E-state index contributed by atoms with van der Waals surface area (Å²) in [5.74, 6) is 0.0405. The molecular formula is C13H24N2O3. The highest BCUT2D eigenvalue weighted by Gasteiger charge is 2.26. The Morgan fingerprint density at radius 2 is 2.00 bits per heavy atom. The van der Waals surface area contributed by atoms with E-state index in [1.54, 1.807) is 4.90 Å². The van der Waals surface area contributed by atoms with Crippen LogP contribution in [0.25, 0.3) is 0 Å². The normalized spacial score (nSPS) is 22.7. The molecule has 0 bridgehead atoms. The van der Waals surface area contributed by atoms with Gasteiger partial charge in [0.05, 0.1) is 12.5 Å². The number of amides is 1. The molecule has 1 fully saturated rings. The maximum atomic E-state index is 12.0. The van der Waals surface area contributed by atoms with Crippen molar-refractivity contribution in [1.29, 1.82) is 0 Å². The van der Waals surface area contributed by atoms with Crippen LogP contribution in [-0.2, 0) is 9.59 Å². The summed E-state index contributed by atoms with van der Waals surface area (Å²) in [6, 6.07) is -0.905. The van der Waals surface area contributed by atoms with Crippen molar-refractivity contribution in [2.45, 2.75) is 45.6 Å². The van der Waals surface area contributed by atoms with Crippen LogP contribution in [0.5, 0.6) is 0 Å². The molecule has 1 saturated heterocycles. The third-order valence-corrected chi connectivity index (χ3v) is 3.74. The molecule has 3 N–H and O–H groups in total. The first-order chi connectivity index (χ1) is 8.41. The van der Waals surface area contributed by atoms with Gasteiger partial charge < -0.3 is 15.7 Å². The van der Waals surface area contributed by atoms with Gasteiger partial charge in [0.25, 0.3) is 0 Å². The standard InChI is InChI=1S/C13H24N2O3/c1-9(2)10-4-3-6-15(7-5-10)13(18)11(14)8-12(16)17/h9-11H,3-8,14H2,1-2H3,(H,16,17). The molecule has 2 unspecified atom stereocenters. The van der Waals surface area contributed by atoms with E-state index in [1.807, 2.05) is 0 Å². The van der Waals surface area contributed by atoms with Gasteiger partial charge in [-0.1, -0.05) is 13.8 Å². The van der Waals surface area contributed by atoms with Crippen molar-refractivity contribution in [3.8, 4) is 0 Å². The molecule has 1 rings (SSSR count). The number of carboxylic acids is 1. The molecule has 5 heteroatoms. The van der Waals surface area contributed by atoms with Crippen molar-refractivity contribution >= 4 is 11.9 Å². The predicted octanol–water partition coefficient (Wildman–Crippen LogP) is 1.07. The molecule has 104 valence electrons.